The normalized spacial score (nSPS) is 18.8. The van der Waals surface area contributed by atoms with Crippen molar-refractivity contribution in [3.05, 3.63) is 23.2 Å². The quantitative estimate of drug-likeness (QED) is 0.779. The Labute approximate surface area is 154 Å². The molecule has 0 bridgehead atoms. The van der Waals surface area contributed by atoms with Gasteiger partial charge in [0.05, 0.1) is 12.5 Å². The summed E-state index contributed by atoms with van der Waals surface area (Å²) in [4.78, 5) is 12.3. The van der Waals surface area contributed by atoms with E-state index in [-0.39, 0.29) is 29.0 Å². The number of sulfonamides is 1. The first-order chi connectivity index (χ1) is 11.9. The van der Waals surface area contributed by atoms with E-state index in [1.54, 1.807) is 19.1 Å². The first-order valence-electron chi connectivity index (χ1n) is 8.60. The van der Waals surface area contributed by atoms with E-state index in [1.807, 2.05) is 6.92 Å². The van der Waals surface area contributed by atoms with Crippen molar-refractivity contribution < 1.29 is 17.9 Å². The summed E-state index contributed by atoms with van der Waals surface area (Å²) in [5.41, 5.74) is 0. The largest absolute Gasteiger partial charge is 0.492 e. The number of benzene rings is 1. The van der Waals surface area contributed by atoms with Crippen LogP contribution in [0, 0.1) is 5.92 Å². The number of carbonyl (C=O) groups is 1. The molecule has 0 saturated carbocycles. The van der Waals surface area contributed by atoms with Gasteiger partial charge in [0.2, 0.25) is 15.9 Å². The number of rotatable bonds is 7. The predicted molar refractivity (Wildman–Crippen MR) is 97.4 cm³/mol. The zero-order chi connectivity index (χ0) is 18.4. The lowest BCUT2D eigenvalue weighted by Crippen LogP contribution is -2.45. The van der Waals surface area contributed by atoms with Crippen LogP contribution in [-0.2, 0) is 14.8 Å². The molecule has 1 atom stereocenters. The van der Waals surface area contributed by atoms with Crippen LogP contribution in [0.25, 0.3) is 0 Å². The van der Waals surface area contributed by atoms with E-state index in [4.69, 9.17) is 16.3 Å². The molecular formula is C17H25ClN2O4S. The first-order valence-corrected chi connectivity index (χ1v) is 10.4. The van der Waals surface area contributed by atoms with Crippen molar-refractivity contribution >= 4 is 27.5 Å². The van der Waals surface area contributed by atoms with Crippen LogP contribution in [0.1, 0.15) is 33.1 Å². The second-order valence-corrected chi connectivity index (χ2v) is 8.36. The molecule has 2 rings (SSSR count). The molecule has 0 aliphatic carbocycles. The van der Waals surface area contributed by atoms with Crippen LogP contribution in [0.5, 0.6) is 5.75 Å². The molecule has 1 aliphatic rings. The molecule has 1 amide bonds. The summed E-state index contributed by atoms with van der Waals surface area (Å²) >= 11 is 6.00. The number of nitrogens with one attached hydrogen (secondary N) is 1. The molecule has 0 unspecified atom stereocenters. The van der Waals surface area contributed by atoms with Gasteiger partial charge in [0.15, 0.2) is 0 Å². The lowest BCUT2D eigenvalue weighted by atomic mass is 9.99. The average molecular weight is 389 g/mol. The van der Waals surface area contributed by atoms with Crippen molar-refractivity contribution in [2.45, 2.75) is 38.0 Å². The van der Waals surface area contributed by atoms with Crippen LogP contribution < -0.4 is 10.1 Å². The Morgan fingerprint density at radius 2 is 2.16 bits per heavy atom. The zero-order valence-corrected chi connectivity index (χ0v) is 16.2. The number of amides is 1. The van der Waals surface area contributed by atoms with Crippen molar-refractivity contribution in [1.29, 1.82) is 0 Å². The molecule has 1 saturated heterocycles. The topological polar surface area (TPSA) is 75.7 Å². The summed E-state index contributed by atoms with van der Waals surface area (Å²) in [5.74, 6) is -0.132. The zero-order valence-electron chi connectivity index (χ0n) is 14.6. The van der Waals surface area contributed by atoms with E-state index in [0.717, 1.165) is 6.42 Å². The van der Waals surface area contributed by atoms with Gasteiger partial charge in [-0.1, -0.05) is 18.5 Å². The standard InChI is InChI=1S/C17H25ClN2O4S/c1-3-9-19-17(21)13-6-5-10-20(12-13)25(22,23)16-11-14(18)7-8-15(16)24-4-2/h7-8,11,13H,3-6,9-10,12H2,1-2H3,(H,19,21)/t13-/m1/s1. The fraction of sp³-hybridized carbons (Fsp3) is 0.588. The van der Waals surface area contributed by atoms with Gasteiger partial charge in [-0.05, 0) is 44.4 Å². The number of halogens is 1. The van der Waals surface area contributed by atoms with Crippen LogP contribution in [-0.4, -0.2) is 44.9 Å². The van der Waals surface area contributed by atoms with Gasteiger partial charge in [-0.25, -0.2) is 8.42 Å². The van der Waals surface area contributed by atoms with E-state index < -0.39 is 10.0 Å². The van der Waals surface area contributed by atoms with Crippen molar-refractivity contribution in [3.63, 3.8) is 0 Å². The molecule has 1 aromatic carbocycles. The van der Waals surface area contributed by atoms with Crippen LogP contribution >= 0.6 is 11.6 Å². The molecule has 140 valence electrons. The highest BCUT2D eigenvalue weighted by atomic mass is 35.5. The van der Waals surface area contributed by atoms with Gasteiger partial charge in [-0.15, -0.1) is 0 Å². The number of ether oxygens (including phenoxy) is 1. The first kappa shape index (κ1) is 20.0. The number of hydrogen-bond acceptors (Lipinski definition) is 4. The van der Waals surface area contributed by atoms with E-state index in [2.05, 4.69) is 5.32 Å². The minimum absolute atomic E-state index is 0.0523. The molecule has 0 spiro atoms. The number of piperidine rings is 1. The summed E-state index contributed by atoms with van der Waals surface area (Å²) in [6.07, 6.45) is 2.18. The third-order valence-corrected chi connectivity index (χ3v) is 6.25. The maximum atomic E-state index is 13.1. The van der Waals surface area contributed by atoms with Gasteiger partial charge in [0.25, 0.3) is 0 Å². The lowest BCUT2D eigenvalue weighted by Gasteiger charge is -2.31. The van der Waals surface area contributed by atoms with Gasteiger partial charge in [0, 0.05) is 24.7 Å². The second-order valence-electron chi connectivity index (χ2n) is 6.02. The maximum Gasteiger partial charge on any atom is 0.246 e. The Balaban J connectivity index is 2.24. The van der Waals surface area contributed by atoms with Crippen molar-refractivity contribution in [2.24, 2.45) is 5.92 Å². The van der Waals surface area contributed by atoms with Gasteiger partial charge >= 0.3 is 0 Å². The summed E-state index contributed by atoms with van der Waals surface area (Å²) < 4.78 is 33.0. The molecular weight excluding hydrogens is 364 g/mol. The molecule has 25 heavy (non-hydrogen) atoms. The fourth-order valence-electron chi connectivity index (χ4n) is 2.86. The summed E-state index contributed by atoms with van der Waals surface area (Å²) in [6, 6.07) is 4.57. The molecule has 0 aromatic heterocycles. The number of hydrogen-bond donors (Lipinski definition) is 1. The molecule has 8 heteroatoms. The monoisotopic (exact) mass is 388 g/mol. The minimum atomic E-state index is -3.78. The highest BCUT2D eigenvalue weighted by Gasteiger charge is 2.34. The van der Waals surface area contributed by atoms with E-state index in [0.29, 0.717) is 37.6 Å². The second kappa shape index (κ2) is 8.87. The summed E-state index contributed by atoms with van der Waals surface area (Å²) in [5, 5.41) is 3.18. The number of nitrogens with zero attached hydrogens (tertiary/aromatic N) is 1. The summed E-state index contributed by atoms with van der Waals surface area (Å²) in [6.45, 7) is 5.29. The fourth-order valence-corrected chi connectivity index (χ4v) is 4.78. The maximum absolute atomic E-state index is 13.1. The average Bonchev–Trinajstić information content (AvgIpc) is 2.61. The van der Waals surface area contributed by atoms with Crippen molar-refractivity contribution in [1.82, 2.24) is 9.62 Å². The van der Waals surface area contributed by atoms with Crippen molar-refractivity contribution in [2.75, 3.05) is 26.2 Å². The van der Waals surface area contributed by atoms with E-state index in [1.165, 1.54) is 10.4 Å². The molecule has 1 heterocycles. The van der Waals surface area contributed by atoms with Crippen LogP contribution in [0.15, 0.2) is 23.1 Å². The number of carbonyl (C=O) groups excluding carboxylic acids is 1. The Hall–Kier alpha value is -1.31. The molecule has 1 N–H and O–H groups in total. The van der Waals surface area contributed by atoms with Gasteiger partial charge in [0.1, 0.15) is 10.6 Å². The Morgan fingerprint density at radius 3 is 2.84 bits per heavy atom. The molecule has 1 aliphatic heterocycles. The van der Waals surface area contributed by atoms with Gasteiger partial charge in [-0.2, -0.15) is 4.31 Å². The third kappa shape index (κ3) is 4.86. The highest BCUT2D eigenvalue weighted by molar-refractivity contribution is 7.89. The Kier molecular flexibility index (Phi) is 7.10. The van der Waals surface area contributed by atoms with Gasteiger partial charge < -0.3 is 10.1 Å². The van der Waals surface area contributed by atoms with E-state index >= 15 is 0 Å². The Bertz CT molecular complexity index is 709. The van der Waals surface area contributed by atoms with Crippen LogP contribution in [0.4, 0.5) is 0 Å². The molecule has 1 fully saturated rings. The highest BCUT2D eigenvalue weighted by Crippen LogP contribution is 2.32. The minimum Gasteiger partial charge on any atom is -0.492 e. The predicted octanol–water partition coefficient (Wildman–Crippen LogP) is 2.67. The van der Waals surface area contributed by atoms with Crippen LogP contribution in [0.2, 0.25) is 5.02 Å². The van der Waals surface area contributed by atoms with Gasteiger partial charge in [-0.3, -0.25) is 4.79 Å². The molecule has 1 aromatic rings. The summed E-state index contributed by atoms with van der Waals surface area (Å²) in [7, 11) is -3.78. The van der Waals surface area contributed by atoms with E-state index in [9.17, 15) is 13.2 Å². The molecule has 6 nitrogen and oxygen atoms in total. The molecule has 0 radical (unpaired) electrons. The third-order valence-electron chi connectivity index (χ3n) is 4.13. The van der Waals surface area contributed by atoms with Crippen molar-refractivity contribution in [3.8, 4) is 5.75 Å². The van der Waals surface area contributed by atoms with Crippen LogP contribution in [0.3, 0.4) is 0 Å². The smallest absolute Gasteiger partial charge is 0.246 e. The lowest BCUT2D eigenvalue weighted by molar-refractivity contribution is -0.126. The SMILES string of the molecule is CCCNC(=O)[C@@H]1CCCN(S(=O)(=O)c2cc(Cl)ccc2OCC)C1. The Morgan fingerprint density at radius 1 is 1.40 bits per heavy atom.